The number of halogens is 2. The van der Waals surface area contributed by atoms with Crippen molar-refractivity contribution in [1.82, 2.24) is 15.2 Å². The second kappa shape index (κ2) is 11.1. The van der Waals surface area contributed by atoms with Gasteiger partial charge in [0.1, 0.15) is 5.82 Å². The highest BCUT2D eigenvalue weighted by Crippen LogP contribution is 2.22. The lowest BCUT2D eigenvalue weighted by Gasteiger charge is -2.37. The van der Waals surface area contributed by atoms with Crippen molar-refractivity contribution in [1.29, 1.82) is 0 Å². The van der Waals surface area contributed by atoms with Gasteiger partial charge in [0.15, 0.2) is 5.96 Å². The Morgan fingerprint density at radius 3 is 2.65 bits per heavy atom. The molecule has 0 aromatic carbocycles. The van der Waals surface area contributed by atoms with Crippen LogP contribution in [0.1, 0.15) is 11.8 Å². The molecule has 5 nitrogen and oxygen atoms in total. The number of rotatable bonds is 5. The van der Waals surface area contributed by atoms with Crippen molar-refractivity contribution in [2.45, 2.75) is 13.3 Å². The SMILES string of the molecule is CCNC(=NCCc1ccc(Br)s1)N1CCN(c2ccccn2)CC1.I. The van der Waals surface area contributed by atoms with E-state index >= 15 is 0 Å². The number of hydrogen-bond donors (Lipinski definition) is 1. The summed E-state index contributed by atoms with van der Waals surface area (Å²) in [6, 6.07) is 10.4. The summed E-state index contributed by atoms with van der Waals surface area (Å²) in [5.74, 6) is 2.09. The summed E-state index contributed by atoms with van der Waals surface area (Å²) in [4.78, 5) is 15.3. The third kappa shape index (κ3) is 6.09. The molecule has 1 aliphatic rings. The van der Waals surface area contributed by atoms with E-state index in [-0.39, 0.29) is 24.0 Å². The van der Waals surface area contributed by atoms with Gasteiger partial charge in [0.05, 0.1) is 3.79 Å². The van der Waals surface area contributed by atoms with Crippen LogP contribution in [-0.2, 0) is 6.42 Å². The third-order valence-electron chi connectivity index (χ3n) is 4.14. The summed E-state index contributed by atoms with van der Waals surface area (Å²) >= 11 is 5.30. The summed E-state index contributed by atoms with van der Waals surface area (Å²) in [5.41, 5.74) is 0. The molecular weight excluding hydrogens is 525 g/mol. The lowest BCUT2D eigenvalue weighted by Crippen LogP contribution is -2.52. The van der Waals surface area contributed by atoms with Gasteiger partial charge in [-0.1, -0.05) is 6.07 Å². The van der Waals surface area contributed by atoms with Crippen molar-refractivity contribution < 1.29 is 0 Å². The Kier molecular flexibility index (Phi) is 9.13. The first kappa shape index (κ1) is 21.4. The number of nitrogens with one attached hydrogen (secondary N) is 1. The zero-order chi connectivity index (χ0) is 17.5. The van der Waals surface area contributed by atoms with Crippen LogP contribution in [0.25, 0.3) is 0 Å². The van der Waals surface area contributed by atoms with Crippen LogP contribution in [0, 0.1) is 0 Å². The summed E-state index contributed by atoms with van der Waals surface area (Å²) in [6.45, 7) is 7.70. The van der Waals surface area contributed by atoms with Gasteiger partial charge < -0.3 is 15.1 Å². The van der Waals surface area contributed by atoms with E-state index in [4.69, 9.17) is 4.99 Å². The molecule has 8 heteroatoms. The number of nitrogens with zero attached hydrogens (tertiary/aromatic N) is 4. The molecule has 0 atom stereocenters. The number of guanidine groups is 1. The summed E-state index contributed by atoms with van der Waals surface area (Å²) in [7, 11) is 0. The van der Waals surface area contributed by atoms with E-state index in [9.17, 15) is 0 Å². The molecule has 1 N–H and O–H groups in total. The molecule has 142 valence electrons. The van der Waals surface area contributed by atoms with E-state index in [0.717, 1.165) is 57.5 Å². The number of hydrogen-bond acceptors (Lipinski definition) is 4. The van der Waals surface area contributed by atoms with Crippen molar-refractivity contribution in [3.63, 3.8) is 0 Å². The maximum absolute atomic E-state index is 4.83. The Hall–Kier alpha value is -0.870. The molecule has 1 saturated heterocycles. The monoisotopic (exact) mass is 549 g/mol. The van der Waals surface area contributed by atoms with Crippen LogP contribution in [0.4, 0.5) is 5.82 Å². The predicted octanol–water partition coefficient (Wildman–Crippen LogP) is 3.85. The first-order valence-corrected chi connectivity index (χ1v) is 10.3. The molecule has 0 bridgehead atoms. The van der Waals surface area contributed by atoms with E-state index in [1.165, 1.54) is 8.66 Å². The maximum atomic E-state index is 4.83. The van der Waals surface area contributed by atoms with Crippen LogP contribution in [0.5, 0.6) is 0 Å². The second-order valence-corrected chi connectivity index (χ2v) is 8.40. The minimum Gasteiger partial charge on any atom is -0.357 e. The highest BCUT2D eigenvalue weighted by atomic mass is 127. The van der Waals surface area contributed by atoms with E-state index in [1.54, 1.807) is 11.3 Å². The molecule has 3 heterocycles. The molecule has 0 radical (unpaired) electrons. The molecular formula is C18H25BrIN5S. The first-order valence-electron chi connectivity index (χ1n) is 8.69. The fourth-order valence-electron chi connectivity index (χ4n) is 2.87. The van der Waals surface area contributed by atoms with Crippen LogP contribution in [0.2, 0.25) is 0 Å². The Bertz CT molecular complexity index is 686. The van der Waals surface area contributed by atoms with E-state index in [1.807, 2.05) is 18.3 Å². The van der Waals surface area contributed by atoms with Crippen LogP contribution >= 0.6 is 51.2 Å². The van der Waals surface area contributed by atoms with Crippen molar-refractivity contribution in [2.75, 3.05) is 44.2 Å². The summed E-state index contributed by atoms with van der Waals surface area (Å²) in [5, 5.41) is 3.43. The van der Waals surface area contributed by atoms with Gasteiger partial charge in [-0.05, 0) is 47.1 Å². The second-order valence-electron chi connectivity index (χ2n) is 5.85. The molecule has 1 aliphatic heterocycles. The molecule has 0 unspecified atom stereocenters. The van der Waals surface area contributed by atoms with Gasteiger partial charge >= 0.3 is 0 Å². The maximum Gasteiger partial charge on any atom is 0.194 e. The molecule has 26 heavy (non-hydrogen) atoms. The standard InChI is InChI=1S/C18H24BrN5S.HI/c1-2-20-18(22-10-8-15-6-7-16(19)25-15)24-13-11-23(12-14-24)17-5-3-4-9-21-17;/h3-7,9H,2,8,10-14H2,1H3,(H,20,22);1H. The van der Waals surface area contributed by atoms with Gasteiger partial charge in [-0.25, -0.2) is 4.98 Å². The lowest BCUT2D eigenvalue weighted by molar-refractivity contribution is 0.371. The summed E-state index contributed by atoms with van der Waals surface area (Å²) < 4.78 is 1.18. The van der Waals surface area contributed by atoms with Gasteiger partial charge in [-0.3, -0.25) is 4.99 Å². The third-order valence-corrected chi connectivity index (χ3v) is 5.82. The average Bonchev–Trinajstić information content (AvgIpc) is 3.07. The number of aliphatic imine (C=N–C) groups is 1. The van der Waals surface area contributed by atoms with Crippen LogP contribution < -0.4 is 10.2 Å². The molecule has 1 fully saturated rings. The Morgan fingerprint density at radius 2 is 2.04 bits per heavy atom. The minimum absolute atomic E-state index is 0. The zero-order valence-corrected chi connectivity index (χ0v) is 19.6. The fraction of sp³-hybridized carbons (Fsp3) is 0.444. The van der Waals surface area contributed by atoms with E-state index < -0.39 is 0 Å². The predicted molar refractivity (Wildman–Crippen MR) is 125 cm³/mol. The number of anilines is 1. The Balaban J connectivity index is 0.00000243. The topological polar surface area (TPSA) is 43.8 Å². The molecule has 2 aromatic heterocycles. The average molecular weight is 550 g/mol. The molecule has 0 aliphatic carbocycles. The van der Waals surface area contributed by atoms with Crippen molar-refractivity contribution >= 4 is 63.0 Å². The number of aromatic nitrogens is 1. The van der Waals surface area contributed by atoms with Crippen molar-refractivity contribution in [3.8, 4) is 0 Å². The molecule has 0 saturated carbocycles. The highest BCUT2D eigenvalue weighted by molar-refractivity contribution is 14.0. The fourth-order valence-corrected chi connectivity index (χ4v) is 4.34. The lowest BCUT2D eigenvalue weighted by atomic mass is 10.3. The van der Waals surface area contributed by atoms with Gasteiger partial charge in [0, 0.05) is 56.8 Å². The van der Waals surface area contributed by atoms with Gasteiger partial charge in [-0.15, -0.1) is 35.3 Å². The normalized spacial score (nSPS) is 14.9. The van der Waals surface area contributed by atoms with E-state index in [0.29, 0.717) is 0 Å². The minimum atomic E-state index is 0. The van der Waals surface area contributed by atoms with Crippen molar-refractivity contribution in [2.24, 2.45) is 4.99 Å². The van der Waals surface area contributed by atoms with Gasteiger partial charge in [0.2, 0.25) is 0 Å². The zero-order valence-electron chi connectivity index (χ0n) is 14.9. The number of piperazine rings is 1. The molecule has 0 spiro atoms. The van der Waals surface area contributed by atoms with Gasteiger partial charge in [-0.2, -0.15) is 0 Å². The molecule has 2 aromatic rings. The van der Waals surface area contributed by atoms with Crippen LogP contribution in [0.15, 0.2) is 45.3 Å². The van der Waals surface area contributed by atoms with Crippen molar-refractivity contribution in [3.05, 3.63) is 45.2 Å². The van der Waals surface area contributed by atoms with E-state index in [2.05, 4.69) is 61.2 Å². The highest BCUT2D eigenvalue weighted by Gasteiger charge is 2.20. The van der Waals surface area contributed by atoms with Gasteiger partial charge in [0.25, 0.3) is 0 Å². The Labute approximate surface area is 185 Å². The Morgan fingerprint density at radius 1 is 1.23 bits per heavy atom. The summed E-state index contributed by atoms with van der Waals surface area (Å²) in [6.07, 6.45) is 2.84. The van der Waals surface area contributed by atoms with Crippen LogP contribution in [0.3, 0.4) is 0 Å². The first-order chi connectivity index (χ1) is 12.3. The van der Waals surface area contributed by atoms with Crippen LogP contribution in [-0.4, -0.2) is 55.1 Å². The quantitative estimate of drug-likeness (QED) is 0.349. The molecule has 3 rings (SSSR count). The molecule has 0 amide bonds. The number of pyridine rings is 1. The largest absolute Gasteiger partial charge is 0.357 e. The smallest absolute Gasteiger partial charge is 0.194 e. The number of thiophene rings is 1.